The second-order valence-corrected chi connectivity index (χ2v) is 6.23. The van der Waals surface area contributed by atoms with Crippen molar-refractivity contribution in [2.24, 2.45) is 0 Å². The van der Waals surface area contributed by atoms with E-state index in [0.29, 0.717) is 17.6 Å². The zero-order chi connectivity index (χ0) is 19.0. The van der Waals surface area contributed by atoms with Crippen LogP contribution < -0.4 is 4.74 Å². The van der Waals surface area contributed by atoms with E-state index >= 15 is 0 Å². The van der Waals surface area contributed by atoms with Gasteiger partial charge >= 0.3 is 6.36 Å². The molecule has 2 aromatic heterocycles. The highest BCUT2D eigenvalue weighted by atomic mass is 35.5. The van der Waals surface area contributed by atoms with E-state index in [4.69, 9.17) is 11.6 Å². The lowest BCUT2D eigenvalue weighted by atomic mass is 10.0. The topological polar surface area (TPSA) is 79.5 Å². The number of fused-ring (bicyclic) bond motifs is 1. The summed E-state index contributed by atoms with van der Waals surface area (Å²) in [6.45, 7) is 0. The summed E-state index contributed by atoms with van der Waals surface area (Å²) in [6, 6.07) is 10.2. The lowest BCUT2D eigenvalue weighted by Gasteiger charge is -2.10. The minimum Gasteiger partial charge on any atom is -0.403 e. The summed E-state index contributed by atoms with van der Waals surface area (Å²) in [5.74, 6) is 0.123. The molecule has 0 aliphatic heterocycles. The number of alkyl halides is 3. The van der Waals surface area contributed by atoms with Crippen LogP contribution in [0.1, 0.15) is 11.1 Å². The van der Waals surface area contributed by atoms with Gasteiger partial charge in [0.05, 0.1) is 5.52 Å². The predicted octanol–water partition coefficient (Wildman–Crippen LogP) is 4.49. The minimum atomic E-state index is -4.80. The molecule has 0 amide bonds. The van der Waals surface area contributed by atoms with E-state index in [2.05, 4.69) is 30.3 Å². The molecule has 4 rings (SSSR count). The number of benzene rings is 2. The van der Waals surface area contributed by atoms with Crippen LogP contribution in [0, 0.1) is 0 Å². The fraction of sp³-hybridized carbons (Fsp3) is 0.118. The van der Waals surface area contributed by atoms with E-state index in [-0.39, 0.29) is 16.3 Å². The van der Waals surface area contributed by atoms with Crippen molar-refractivity contribution < 1.29 is 17.9 Å². The van der Waals surface area contributed by atoms with Crippen LogP contribution in [0.2, 0.25) is 5.02 Å². The zero-order valence-corrected chi connectivity index (χ0v) is 14.3. The molecule has 0 bridgehead atoms. The first-order chi connectivity index (χ1) is 12.9. The summed E-state index contributed by atoms with van der Waals surface area (Å²) in [5, 5.41) is 14.5. The Morgan fingerprint density at radius 3 is 2.56 bits per heavy atom. The maximum atomic E-state index is 12.6. The summed E-state index contributed by atoms with van der Waals surface area (Å²) >= 11 is 5.98. The highest BCUT2D eigenvalue weighted by Crippen LogP contribution is 2.35. The van der Waals surface area contributed by atoms with Gasteiger partial charge in [0, 0.05) is 28.2 Å². The number of aromatic amines is 2. The van der Waals surface area contributed by atoms with E-state index in [1.165, 1.54) is 0 Å². The average Bonchev–Trinajstić information content (AvgIpc) is 3.25. The summed E-state index contributed by atoms with van der Waals surface area (Å²) in [5.41, 5.74) is 2.80. The monoisotopic (exact) mass is 393 g/mol. The van der Waals surface area contributed by atoms with Crippen molar-refractivity contribution in [3.63, 3.8) is 0 Å². The number of nitrogens with zero attached hydrogens (tertiary/aromatic N) is 3. The molecule has 0 spiro atoms. The molecule has 27 heavy (non-hydrogen) atoms. The van der Waals surface area contributed by atoms with Crippen LogP contribution in [-0.4, -0.2) is 32.0 Å². The first-order valence-electron chi connectivity index (χ1n) is 7.77. The van der Waals surface area contributed by atoms with Crippen molar-refractivity contribution in [3.05, 3.63) is 58.7 Å². The normalized spacial score (nSPS) is 11.9. The number of hydrogen-bond acceptors (Lipinski definition) is 4. The van der Waals surface area contributed by atoms with Gasteiger partial charge in [-0.05, 0) is 28.8 Å². The van der Waals surface area contributed by atoms with Crippen molar-refractivity contribution in [1.82, 2.24) is 25.6 Å². The maximum Gasteiger partial charge on any atom is 0.573 e. The Morgan fingerprint density at radius 1 is 1.11 bits per heavy atom. The van der Waals surface area contributed by atoms with E-state index in [9.17, 15) is 13.2 Å². The molecule has 0 atom stereocenters. The fourth-order valence-corrected chi connectivity index (χ4v) is 3.06. The van der Waals surface area contributed by atoms with Gasteiger partial charge in [-0.25, -0.2) is 0 Å². The molecule has 2 aromatic carbocycles. The lowest BCUT2D eigenvalue weighted by Crippen LogP contribution is -2.17. The number of hydrogen-bond donors (Lipinski definition) is 2. The third kappa shape index (κ3) is 3.72. The van der Waals surface area contributed by atoms with Gasteiger partial charge in [-0.15, -0.1) is 23.4 Å². The number of tetrazole rings is 1. The summed E-state index contributed by atoms with van der Waals surface area (Å²) in [7, 11) is 0. The molecular weight excluding hydrogens is 383 g/mol. The molecular formula is C17H11ClF3N5O. The molecule has 0 radical (unpaired) electrons. The molecule has 138 valence electrons. The number of nitrogens with one attached hydrogen (secondary N) is 2. The van der Waals surface area contributed by atoms with Gasteiger partial charge in [-0.1, -0.05) is 35.9 Å². The van der Waals surface area contributed by atoms with E-state index in [1.54, 1.807) is 12.3 Å². The molecule has 0 saturated carbocycles. The molecule has 2 heterocycles. The largest absolute Gasteiger partial charge is 0.573 e. The maximum absolute atomic E-state index is 12.6. The summed E-state index contributed by atoms with van der Waals surface area (Å²) in [4.78, 5) is 2.84. The van der Waals surface area contributed by atoms with Crippen LogP contribution in [0.3, 0.4) is 0 Å². The second-order valence-electron chi connectivity index (χ2n) is 5.80. The molecule has 0 unspecified atom stereocenters. The van der Waals surface area contributed by atoms with Gasteiger partial charge in [0.1, 0.15) is 0 Å². The number of ether oxygens (including phenoxy) is 1. The van der Waals surface area contributed by atoms with Gasteiger partial charge in [0.25, 0.3) is 0 Å². The predicted molar refractivity (Wildman–Crippen MR) is 92.4 cm³/mol. The van der Waals surface area contributed by atoms with Gasteiger partial charge in [0.2, 0.25) is 5.82 Å². The quantitative estimate of drug-likeness (QED) is 0.535. The van der Waals surface area contributed by atoms with Crippen LogP contribution in [-0.2, 0) is 6.42 Å². The van der Waals surface area contributed by atoms with Gasteiger partial charge in [0.15, 0.2) is 5.75 Å². The van der Waals surface area contributed by atoms with E-state index < -0.39 is 6.36 Å². The van der Waals surface area contributed by atoms with Crippen molar-refractivity contribution in [2.45, 2.75) is 12.8 Å². The smallest absolute Gasteiger partial charge is 0.403 e. The standard InChI is InChI=1S/C17H11ClF3N5O/c18-12-6-13-11(8-22-15(13)14(7-12)27-17(19,20)21)5-9-1-3-10(4-2-9)16-23-25-26-24-16/h1-4,6-8,22H,5H2,(H,23,24,25,26). The highest BCUT2D eigenvalue weighted by molar-refractivity contribution is 6.31. The number of rotatable bonds is 4. The third-order valence-electron chi connectivity index (χ3n) is 3.98. The lowest BCUT2D eigenvalue weighted by molar-refractivity contribution is -0.274. The Bertz CT molecular complexity index is 1070. The molecule has 2 N–H and O–H groups in total. The van der Waals surface area contributed by atoms with Crippen molar-refractivity contribution in [2.75, 3.05) is 0 Å². The Labute approximate surface area is 155 Å². The van der Waals surface area contributed by atoms with Crippen molar-refractivity contribution in [3.8, 4) is 17.1 Å². The number of H-pyrrole nitrogens is 2. The Morgan fingerprint density at radius 2 is 1.89 bits per heavy atom. The van der Waals surface area contributed by atoms with Crippen molar-refractivity contribution >= 4 is 22.5 Å². The third-order valence-corrected chi connectivity index (χ3v) is 4.20. The molecule has 0 aliphatic carbocycles. The van der Waals surface area contributed by atoms with Gasteiger partial charge in [-0.3, -0.25) is 0 Å². The summed E-state index contributed by atoms with van der Waals surface area (Å²) in [6.07, 6.45) is -2.65. The first-order valence-corrected chi connectivity index (χ1v) is 8.15. The highest BCUT2D eigenvalue weighted by Gasteiger charge is 2.32. The molecule has 6 nitrogen and oxygen atoms in total. The minimum absolute atomic E-state index is 0.162. The molecule has 0 saturated heterocycles. The summed E-state index contributed by atoms with van der Waals surface area (Å²) < 4.78 is 41.9. The first kappa shape index (κ1) is 17.3. The molecule has 0 aliphatic rings. The van der Waals surface area contributed by atoms with Gasteiger partial charge < -0.3 is 9.72 Å². The zero-order valence-electron chi connectivity index (χ0n) is 13.5. The van der Waals surface area contributed by atoms with Crippen LogP contribution >= 0.6 is 11.6 Å². The number of halogens is 4. The Balaban J connectivity index is 1.64. The fourth-order valence-electron chi connectivity index (χ4n) is 2.85. The number of aromatic nitrogens is 5. The second kappa shape index (κ2) is 6.58. The van der Waals surface area contributed by atoms with E-state index in [1.807, 2.05) is 24.3 Å². The Kier molecular flexibility index (Phi) is 4.23. The van der Waals surface area contributed by atoms with Crippen LogP contribution in [0.15, 0.2) is 42.6 Å². The van der Waals surface area contributed by atoms with Crippen molar-refractivity contribution in [1.29, 1.82) is 0 Å². The molecule has 10 heteroatoms. The van der Waals surface area contributed by atoms with Gasteiger partial charge in [-0.2, -0.15) is 5.21 Å². The van der Waals surface area contributed by atoms with E-state index in [0.717, 1.165) is 22.8 Å². The SMILES string of the molecule is FC(F)(F)Oc1cc(Cl)cc2c(Cc3ccc(-c4nn[nH]n4)cc3)c[nH]c12. The van der Waals surface area contributed by atoms with Crippen LogP contribution in [0.4, 0.5) is 13.2 Å². The molecule has 4 aromatic rings. The van der Waals surface area contributed by atoms with Crippen LogP contribution in [0.5, 0.6) is 5.75 Å². The van der Waals surface area contributed by atoms with Crippen LogP contribution in [0.25, 0.3) is 22.3 Å². The molecule has 0 fully saturated rings. The Hall–Kier alpha value is -3.07. The average molecular weight is 394 g/mol.